The molecule has 54 heavy (non-hydrogen) atoms. The van der Waals surface area contributed by atoms with E-state index < -0.39 is 57.1 Å². The Kier molecular flexibility index (Phi) is 13.3. The summed E-state index contributed by atoms with van der Waals surface area (Å²) in [5, 5.41) is 0. The zero-order valence-corrected chi connectivity index (χ0v) is 34.1. The average Bonchev–Trinajstić information content (AvgIpc) is 3.00. The lowest BCUT2D eigenvalue weighted by atomic mass is 10.1. The van der Waals surface area contributed by atoms with Crippen LogP contribution < -0.4 is 22.9 Å². The van der Waals surface area contributed by atoms with Gasteiger partial charge in [-0.15, -0.1) is 0 Å². The van der Waals surface area contributed by atoms with Gasteiger partial charge in [-0.05, 0) is 100 Å². The summed E-state index contributed by atoms with van der Waals surface area (Å²) in [7, 11) is -11.7. The lowest BCUT2D eigenvalue weighted by molar-refractivity contribution is 0.0993. The summed E-state index contributed by atoms with van der Waals surface area (Å²) >= 11 is 1.35. The molecule has 288 valence electrons. The second-order valence-electron chi connectivity index (χ2n) is 12.6. The van der Waals surface area contributed by atoms with Gasteiger partial charge in [0.1, 0.15) is 0 Å². The Morgan fingerprint density at radius 1 is 0.500 bits per heavy atom. The summed E-state index contributed by atoms with van der Waals surface area (Å²) in [6.45, 7) is 10.6. The fourth-order valence-electron chi connectivity index (χ4n) is 5.26. The number of sulfone groups is 3. The van der Waals surface area contributed by atoms with Crippen molar-refractivity contribution in [1.82, 2.24) is 0 Å². The molecule has 4 aromatic carbocycles. The number of guanidine groups is 2. The van der Waals surface area contributed by atoms with Crippen LogP contribution in [0, 0.1) is 41.5 Å². The van der Waals surface area contributed by atoms with Crippen molar-refractivity contribution in [2.24, 2.45) is 32.9 Å². The number of carbonyl (C=O) groups excluding carboxylic acids is 2. The normalized spacial score (nSPS) is 11.6. The topological polar surface area (TPSA) is 265 Å². The molecule has 0 aromatic heterocycles. The molecule has 0 saturated heterocycles. The molecule has 4 aromatic rings. The van der Waals surface area contributed by atoms with Crippen LogP contribution in [0.4, 0.5) is 0 Å². The van der Waals surface area contributed by atoms with Gasteiger partial charge in [0.15, 0.2) is 31.6 Å². The van der Waals surface area contributed by atoms with Gasteiger partial charge in [0, 0.05) is 33.4 Å². The maximum atomic E-state index is 13.2. The highest BCUT2D eigenvalue weighted by Gasteiger charge is 2.29. The molecule has 0 heterocycles. The predicted octanol–water partition coefficient (Wildman–Crippen LogP) is 3.84. The van der Waals surface area contributed by atoms with Crippen LogP contribution in [0.1, 0.15) is 54.1 Å². The zero-order chi connectivity index (χ0) is 41.1. The fraction of sp³-hybridized carbons (Fsp3) is 0.222. The maximum Gasteiger partial charge on any atom is 0.280 e. The van der Waals surface area contributed by atoms with Gasteiger partial charge in [0.25, 0.3) is 11.8 Å². The van der Waals surface area contributed by atoms with Crippen LogP contribution in [0.15, 0.2) is 100 Å². The number of carbonyl (C=O) groups is 2. The smallest absolute Gasteiger partial charge is 0.280 e. The van der Waals surface area contributed by atoms with E-state index in [-0.39, 0.29) is 32.4 Å². The number of aliphatic imine (C=N–C) groups is 2. The molecule has 0 radical (unpaired) electrons. The van der Waals surface area contributed by atoms with Gasteiger partial charge in [-0.25, -0.2) is 25.3 Å². The number of amides is 2. The summed E-state index contributed by atoms with van der Waals surface area (Å²) in [6.07, 6.45) is 1.98. The zero-order valence-electron chi connectivity index (χ0n) is 30.9. The number of aryl methyl sites for hydroxylation is 6. The second kappa shape index (κ2) is 16.5. The van der Waals surface area contributed by atoms with E-state index in [1.54, 1.807) is 32.0 Å². The monoisotopic (exact) mass is 814 g/mol. The molecule has 0 aliphatic heterocycles. The largest absolute Gasteiger partial charge is 0.370 e. The molecule has 0 fully saturated rings. The van der Waals surface area contributed by atoms with E-state index in [0.29, 0.717) is 16.0 Å². The van der Waals surface area contributed by atoms with Crippen molar-refractivity contribution in [3.8, 4) is 0 Å². The van der Waals surface area contributed by atoms with E-state index in [9.17, 15) is 34.8 Å². The molecule has 0 unspecified atom stereocenters. The number of hydrogen-bond acceptors (Lipinski definition) is 9. The first kappa shape index (κ1) is 43.4. The van der Waals surface area contributed by atoms with Crippen LogP contribution in [0.3, 0.4) is 0 Å². The van der Waals surface area contributed by atoms with Gasteiger partial charge in [-0.1, -0.05) is 47.2 Å². The van der Waals surface area contributed by atoms with Crippen LogP contribution in [0.25, 0.3) is 0 Å². The Morgan fingerprint density at radius 2 is 0.944 bits per heavy atom. The highest BCUT2D eigenvalue weighted by atomic mass is 32.2. The van der Waals surface area contributed by atoms with Gasteiger partial charge in [0.05, 0.1) is 19.6 Å². The first-order valence-electron chi connectivity index (χ1n) is 15.8. The molecule has 2 amide bonds. The van der Waals surface area contributed by atoms with E-state index in [0.717, 1.165) is 46.2 Å². The molecule has 0 atom stereocenters. The van der Waals surface area contributed by atoms with E-state index >= 15 is 0 Å². The van der Waals surface area contributed by atoms with Crippen molar-refractivity contribution in [2.45, 2.75) is 70.9 Å². The maximum absolute atomic E-state index is 13.2. The van der Waals surface area contributed by atoms with Crippen LogP contribution in [-0.2, 0) is 29.5 Å². The van der Waals surface area contributed by atoms with Crippen LogP contribution in [0.5, 0.6) is 0 Å². The molecular weight excluding hydrogens is 773 g/mol. The van der Waals surface area contributed by atoms with Gasteiger partial charge < -0.3 is 22.9 Å². The van der Waals surface area contributed by atoms with Gasteiger partial charge in [-0.2, -0.15) is 9.98 Å². The molecule has 0 aliphatic rings. The Bertz CT molecular complexity index is 2580. The van der Waals surface area contributed by atoms with E-state index in [4.69, 9.17) is 22.9 Å². The molecule has 14 nitrogen and oxygen atoms in total. The Hall–Kier alpha value is -5.04. The van der Waals surface area contributed by atoms with Crippen molar-refractivity contribution in [3.63, 3.8) is 0 Å². The molecular formula is C36H42N6O8S4. The van der Waals surface area contributed by atoms with Crippen LogP contribution in [0.2, 0.25) is 0 Å². The van der Waals surface area contributed by atoms with Gasteiger partial charge >= 0.3 is 0 Å². The third-order valence-corrected chi connectivity index (χ3v) is 13.5. The van der Waals surface area contributed by atoms with Crippen LogP contribution in [-0.4, -0.2) is 61.5 Å². The minimum atomic E-state index is -4.16. The van der Waals surface area contributed by atoms with Crippen molar-refractivity contribution in [2.75, 3.05) is 12.5 Å². The standard InChI is InChI=1S/C18H21N3O5S2.C18H21N3O3S2/c1-10-5-6-14(12(3)7-10)28(25,26)16-8-11(2)13(17(22)21-18(19)20)9-15(16)27(4,23)24;1-10-5-6-14(12(3)7-10)25-15-8-11(2)13(17(22)21-18(19)20)9-16(15)26(4,23)24/h5-9H,1-4H3,(H4,19,20,21,22);5-9H,1-4H3,(H4,19,20,21,22). The Labute approximate surface area is 319 Å². The number of benzene rings is 4. The summed E-state index contributed by atoms with van der Waals surface area (Å²) in [6, 6.07) is 15.9. The lowest BCUT2D eigenvalue weighted by Crippen LogP contribution is -2.24. The molecule has 4 rings (SSSR count). The molecule has 0 aliphatic carbocycles. The minimum absolute atomic E-state index is 0.00861. The molecule has 18 heteroatoms. The van der Waals surface area contributed by atoms with Crippen LogP contribution >= 0.6 is 11.8 Å². The minimum Gasteiger partial charge on any atom is -0.370 e. The second-order valence-corrected chi connectivity index (χ2v) is 19.5. The number of nitrogens with zero attached hydrogens (tertiary/aromatic N) is 2. The summed E-state index contributed by atoms with van der Waals surface area (Å²) in [4.78, 5) is 31.9. The highest BCUT2D eigenvalue weighted by molar-refractivity contribution is 8.00. The molecule has 0 spiro atoms. The average molecular weight is 815 g/mol. The number of nitrogens with two attached hydrogens (primary N) is 4. The number of rotatable bonds is 8. The first-order chi connectivity index (χ1) is 24.7. The number of hydrogen-bond donors (Lipinski definition) is 4. The summed E-state index contributed by atoms with van der Waals surface area (Å²) < 4.78 is 75.7. The van der Waals surface area contributed by atoms with Crippen molar-refractivity contribution < 1.29 is 34.8 Å². The highest BCUT2D eigenvalue weighted by Crippen LogP contribution is 2.37. The quantitative estimate of drug-likeness (QED) is 0.146. The van der Waals surface area contributed by atoms with Crippen molar-refractivity contribution in [1.29, 1.82) is 0 Å². The fourth-order valence-corrected chi connectivity index (χ4v) is 10.7. The van der Waals surface area contributed by atoms with Gasteiger partial charge in [0.2, 0.25) is 9.84 Å². The summed E-state index contributed by atoms with van der Waals surface area (Å²) in [5.41, 5.74) is 25.3. The SMILES string of the molecule is Cc1ccc(S(=O)(=O)c2cc(C)c(C(=O)N=C(N)N)cc2S(C)(=O)=O)c(C)c1.Cc1ccc(Sc2cc(C)c(C(=O)N=C(N)N)cc2S(C)(=O)=O)c(C)c1. The molecule has 0 bridgehead atoms. The van der Waals surface area contributed by atoms with E-state index in [2.05, 4.69) is 9.98 Å². The third-order valence-electron chi connectivity index (χ3n) is 7.76. The summed E-state index contributed by atoms with van der Waals surface area (Å²) in [5.74, 6) is -2.39. The first-order valence-corrected chi connectivity index (χ1v) is 21.9. The Balaban J connectivity index is 0.000000291. The molecule has 0 saturated carbocycles. The molecule has 8 N–H and O–H groups in total. The van der Waals surface area contributed by atoms with Crippen molar-refractivity contribution >= 4 is 65.0 Å². The van der Waals surface area contributed by atoms with Crippen molar-refractivity contribution in [3.05, 3.63) is 105 Å². The lowest BCUT2D eigenvalue weighted by Gasteiger charge is -2.14. The Morgan fingerprint density at radius 3 is 1.39 bits per heavy atom. The van der Waals surface area contributed by atoms with E-state index in [1.165, 1.54) is 30.8 Å². The van der Waals surface area contributed by atoms with Gasteiger partial charge in [-0.3, -0.25) is 9.59 Å². The third kappa shape index (κ3) is 10.6. The van der Waals surface area contributed by atoms with E-state index in [1.807, 2.05) is 39.0 Å². The predicted molar refractivity (Wildman–Crippen MR) is 210 cm³/mol.